The average Bonchev–Trinajstić information content (AvgIpc) is 2.38. The van der Waals surface area contributed by atoms with Gasteiger partial charge >= 0.3 is 0 Å². The number of hydrogen-bond acceptors (Lipinski definition) is 4. The van der Waals surface area contributed by atoms with Crippen LogP contribution in [0.1, 0.15) is 70.9 Å². The second kappa shape index (κ2) is 8.08. The Labute approximate surface area is 117 Å². The van der Waals surface area contributed by atoms with Gasteiger partial charge in [0.15, 0.2) is 0 Å². The van der Waals surface area contributed by atoms with Crippen LogP contribution in [0.25, 0.3) is 0 Å². The molecule has 108 valence electrons. The second-order valence-corrected chi connectivity index (χ2v) is 5.39. The van der Waals surface area contributed by atoms with Crippen molar-refractivity contribution < 1.29 is 0 Å². The SMILES string of the molecule is CCCCN(CCCC)c1nc(C)nc(C(C)C)n1. The quantitative estimate of drug-likeness (QED) is 0.718. The lowest BCUT2D eigenvalue weighted by Crippen LogP contribution is -2.28. The van der Waals surface area contributed by atoms with Gasteiger partial charge in [0.25, 0.3) is 0 Å². The maximum Gasteiger partial charge on any atom is 0.228 e. The molecule has 0 saturated heterocycles. The normalized spacial score (nSPS) is 11.1. The van der Waals surface area contributed by atoms with E-state index >= 15 is 0 Å². The lowest BCUT2D eigenvalue weighted by molar-refractivity contribution is 0.648. The Balaban J connectivity index is 2.92. The summed E-state index contributed by atoms with van der Waals surface area (Å²) in [6.07, 6.45) is 4.77. The van der Waals surface area contributed by atoms with E-state index in [1.807, 2.05) is 6.92 Å². The molecule has 1 rings (SSSR count). The molecule has 0 N–H and O–H groups in total. The second-order valence-electron chi connectivity index (χ2n) is 5.39. The van der Waals surface area contributed by atoms with E-state index in [0.717, 1.165) is 30.7 Å². The zero-order valence-electron chi connectivity index (χ0n) is 13.1. The van der Waals surface area contributed by atoms with Crippen molar-refractivity contribution in [3.8, 4) is 0 Å². The number of aromatic nitrogens is 3. The first-order chi connectivity index (χ1) is 9.08. The molecule has 0 aliphatic carbocycles. The van der Waals surface area contributed by atoms with Crippen molar-refractivity contribution in [2.75, 3.05) is 18.0 Å². The standard InChI is InChI=1S/C15H28N4/c1-6-8-10-19(11-9-7-2)15-17-13(5)16-14(18-15)12(3)4/h12H,6-11H2,1-5H3. The molecule has 0 unspecified atom stereocenters. The molecule has 0 saturated carbocycles. The molecular formula is C15H28N4. The smallest absolute Gasteiger partial charge is 0.228 e. The van der Waals surface area contributed by atoms with E-state index in [4.69, 9.17) is 0 Å². The van der Waals surface area contributed by atoms with Gasteiger partial charge in [-0.3, -0.25) is 0 Å². The summed E-state index contributed by atoms with van der Waals surface area (Å²) in [5.74, 6) is 2.94. The van der Waals surface area contributed by atoms with E-state index in [-0.39, 0.29) is 0 Å². The largest absolute Gasteiger partial charge is 0.341 e. The van der Waals surface area contributed by atoms with Gasteiger partial charge in [0.05, 0.1) is 0 Å². The topological polar surface area (TPSA) is 41.9 Å². The van der Waals surface area contributed by atoms with Gasteiger partial charge in [-0.05, 0) is 19.8 Å². The molecular weight excluding hydrogens is 236 g/mol. The van der Waals surface area contributed by atoms with E-state index in [0.29, 0.717) is 5.92 Å². The van der Waals surface area contributed by atoms with Crippen molar-refractivity contribution in [1.82, 2.24) is 15.0 Å². The zero-order chi connectivity index (χ0) is 14.3. The Morgan fingerprint density at radius 1 is 0.947 bits per heavy atom. The van der Waals surface area contributed by atoms with Crippen molar-refractivity contribution in [2.45, 2.75) is 66.2 Å². The summed E-state index contributed by atoms with van der Waals surface area (Å²) < 4.78 is 0. The molecule has 0 bridgehead atoms. The summed E-state index contributed by atoms with van der Waals surface area (Å²) in [5, 5.41) is 0. The first-order valence-corrected chi connectivity index (χ1v) is 7.56. The predicted octanol–water partition coefficient (Wildman–Crippen LogP) is 3.71. The Morgan fingerprint density at radius 3 is 2.00 bits per heavy atom. The Kier molecular flexibility index (Phi) is 6.74. The molecule has 1 aromatic heterocycles. The molecule has 0 aromatic carbocycles. The Bertz CT molecular complexity index is 368. The van der Waals surface area contributed by atoms with Crippen LogP contribution in [0.15, 0.2) is 0 Å². The molecule has 0 atom stereocenters. The summed E-state index contributed by atoms with van der Waals surface area (Å²) in [4.78, 5) is 15.9. The molecule has 1 aromatic rings. The molecule has 19 heavy (non-hydrogen) atoms. The maximum atomic E-state index is 4.64. The average molecular weight is 264 g/mol. The number of rotatable bonds is 8. The van der Waals surface area contributed by atoms with Crippen LogP contribution in [0.4, 0.5) is 5.95 Å². The molecule has 0 radical (unpaired) electrons. The van der Waals surface area contributed by atoms with Crippen LogP contribution in [-0.4, -0.2) is 28.0 Å². The minimum Gasteiger partial charge on any atom is -0.341 e. The van der Waals surface area contributed by atoms with Crippen LogP contribution in [0, 0.1) is 6.92 Å². The van der Waals surface area contributed by atoms with Crippen LogP contribution >= 0.6 is 0 Å². The number of unbranched alkanes of at least 4 members (excludes halogenated alkanes) is 2. The van der Waals surface area contributed by atoms with Crippen molar-refractivity contribution in [3.05, 3.63) is 11.6 Å². The lowest BCUT2D eigenvalue weighted by Gasteiger charge is -2.23. The third-order valence-corrected chi connectivity index (χ3v) is 3.12. The highest BCUT2D eigenvalue weighted by Gasteiger charge is 2.13. The molecule has 0 aliphatic heterocycles. The van der Waals surface area contributed by atoms with Gasteiger partial charge in [-0.15, -0.1) is 0 Å². The zero-order valence-corrected chi connectivity index (χ0v) is 13.1. The van der Waals surface area contributed by atoms with Gasteiger partial charge in [0.1, 0.15) is 11.6 Å². The summed E-state index contributed by atoms with van der Waals surface area (Å²) >= 11 is 0. The number of nitrogens with zero attached hydrogens (tertiary/aromatic N) is 4. The summed E-state index contributed by atoms with van der Waals surface area (Å²) in [7, 11) is 0. The van der Waals surface area contributed by atoms with Gasteiger partial charge in [-0.1, -0.05) is 40.5 Å². The number of aryl methyl sites for hydroxylation is 1. The molecule has 4 nitrogen and oxygen atoms in total. The molecule has 0 aliphatic rings. The first kappa shape index (κ1) is 15.9. The molecule has 1 heterocycles. The maximum absolute atomic E-state index is 4.64. The predicted molar refractivity (Wildman–Crippen MR) is 80.7 cm³/mol. The van der Waals surface area contributed by atoms with Gasteiger partial charge in [0.2, 0.25) is 5.95 Å². The molecule has 4 heteroatoms. The van der Waals surface area contributed by atoms with Crippen molar-refractivity contribution >= 4 is 5.95 Å². The van der Waals surface area contributed by atoms with Gasteiger partial charge in [0, 0.05) is 19.0 Å². The van der Waals surface area contributed by atoms with Gasteiger partial charge < -0.3 is 4.90 Å². The highest BCUT2D eigenvalue weighted by molar-refractivity contribution is 5.30. The third kappa shape index (κ3) is 5.13. The Hall–Kier alpha value is -1.19. The van der Waals surface area contributed by atoms with Gasteiger partial charge in [-0.25, -0.2) is 4.98 Å². The number of hydrogen-bond donors (Lipinski definition) is 0. The summed E-state index contributed by atoms with van der Waals surface area (Å²) in [5.41, 5.74) is 0. The summed E-state index contributed by atoms with van der Waals surface area (Å²) in [6.45, 7) is 12.7. The van der Waals surface area contributed by atoms with Crippen molar-refractivity contribution in [3.63, 3.8) is 0 Å². The fourth-order valence-corrected chi connectivity index (χ4v) is 1.90. The van der Waals surface area contributed by atoms with E-state index in [9.17, 15) is 0 Å². The molecule has 0 spiro atoms. The monoisotopic (exact) mass is 264 g/mol. The Morgan fingerprint density at radius 2 is 1.53 bits per heavy atom. The molecule has 0 fully saturated rings. The van der Waals surface area contributed by atoms with Crippen molar-refractivity contribution in [2.24, 2.45) is 0 Å². The summed E-state index contributed by atoms with van der Waals surface area (Å²) in [6, 6.07) is 0. The lowest BCUT2D eigenvalue weighted by atomic mass is 10.2. The van der Waals surface area contributed by atoms with Gasteiger partial charge in [-0.2, -0.15) is 9.97 Å². The third-order valence-electron chi connectivity index (χ3n) is 3.12. The van der Waals surface area contributed by atoms with Crippen LogP contribution < -0.4 is 4.90 Å². The minimum atomic E-state index is 0.347. The van der Waals surface area contributed by atoms with Crippen LogP contribution in [0.2, 0.25) is 0 Å². The fraction of sp³-hybridized carbons (Fsp3) is 0.800. The fourth-order valence-electron chi connectivity index (χ4n) is 1.90. The molecule has 0 amide bonds. The van der Waals surface area contributed by atoms with Crippen molar-refractivity contribution in [1.29, 1.82) is 0 Å². The number of anilines is 1. The van der Waals surface area contributed by atoms with Crippen LogP contribution in [0.5, 0.6) is 0 Å². The van der Waals surface area contributed by atoms with E-state index in [2.05, 4.69) is 47.5 Å². The van der Waals surface area contributed by atoms with Crippen LogP contribution in [-0.2, 0) is 0 Å². The highest BCUT2D eigenvalue weighted by Crippen LogP contribution is 2.15. The van der Waals surface area contributed by atoms with Crippen LogP contribution in [0.3, 0.4) is 0 Å². The minimum absolute atomic E-state index is 0.347. The van der Waals surface area contributed by atoms with E-state index in [1.165, 1.54) is 25.7 Å². The van der Waals surface area contributed by atoms with E-state index in [1.54, 1.807) is 0 Å². The first-order valence-electron chi connectivity index (χ1n) is 7.56. The highest BCUT2D eigenvalue weighted by atomic mass is 15.3. The van der Waals surface area contributed by atoms with E-state index < -0.39 is 0 Å².